The van der Waals surface area contributed by atoms with Crippen molar-refractivity contribution in [3.63, 3.8) is 0 Å². The first kappa shape index (κ1) is 13.1. The Hall–Kier alpha value is -1.89. The van der Waals surface area contributed by atoms with Crippen LogP contribution in [0.3, 0.4) is 0 Å². The normalized spacial score (nSPS) is 10.9. The molecule has 0 aliphatic carbocycles. The second-order valence-electron chi connectivity index (χ2n) is 4.45. The molecule has 100 valence electrons. The van der Waals surface area contributed by atoms with Gasteiger partial charge in [-0.3, -0.25) is 4.57 Å². The van der Waals surface area contributed by atoms with E-state index in [1.54, 1.807) is 12.1 Å². The van der Waals surface area contributed by atoms with Gasteiger partial charge in [0, 0.05) is 3.57 Å². The third-order valence-electron chi connectivity index (χ3n) is 3.16. The number of rotatable bonds is 2. The van der Waals surface area contributed by atoms with Crippen LogP contribution in [0.25, 0.3) is 16.7 Å². The number of carbonyl (C=O) groups is 1. The molecule has 20 heavy (non-hydrogen) atoms. The molecule has 2 aromatic carbocycles. The fourth-order valence-electron chi connectivity index (χ4n) is 2.27. The number of hydrogen-bond acceptors (Lipinski definition) is 2. The third kappa shape index (κ3) is 2.07. The van der Waals surface area contributed by atoms with Gasteiger partial charge in [-0.05, 0) is 59.8 Å². The second kappa shape index (κ2) is 4.90. The Morgan fingerprint density at radius 2 is 2.00 bits per heavy atom. The van der Waals surface area contributed by atoms with Crippen LogP contribution < -0.4 is 0 Å². The van der Waals surface area contributed by atoms with Gasteiger partial charge in [-0.2, -0.15) is 0 Å². The molecule has 0 atom stereocenters. The molecule has 0 saturated carbocycles. The van der Waals surface area contributed by atoms with Crippen molar-refractivity contribution in [2.45, 2.75) is 6.92 Å². The van der Waals surface area contributed by atoms with Gasteiger partial charge in [0.2, 0.25) is 0 Å². The number of para-hydroxylation sites is 1. The van der Waals surface area contributed by atoms with Gasteiger partial charge in [0.1, 0.15) is 5.82 Å². The summed E-state index contributed by atoms with van der Waals surface area (Å²) in [6.07, 6.45) is 0. The minimum Gasteiger partial charge on any atom is -0.478 e. The van der Waals surface area contributed by atoms with E-state index >= 15 is 0 Å². The molecule has 0 bridgehead atoms. The lowest BCUT2D eigenvalue weighted by atomic mass is 10.2. The molecule has 1 N–H and O–H groups in total. The fraction of sp³-hybridized carbons (Fsp3) is 0.0667. The molecule has 3 rings (SSSR count). The maximum atomic E-state index is 11.0. The smallest absolute Gasteiger partial charge is 0.335 e. The molecule has 1 heterocycles. The standard InChI is InChI=1S/C15H11IN2O2/c1-9-17-12-8-10(15(19)20)6-7-14(12)18(9)13-5-3-2-4-11(13)16/h2-8H,1H3,(H,19,20). The van der Waals surface area contributed by atoms with Crippen LogP contribution >= 0.6 is 22.6 Å². The fourth-order valence-corrected chi connectivity index (χ4v) is 2.90. The molecule has 0 radical (unpaired) electrons. The number of nitrogens with zero attached hydrogens (tertiary/aromatic N) is 2. The minimum atomic E-state index is -0.937. The van der Waals surface area contributed by atoms with Gasteiger partial charge in [0.05, 0.1) is 22.3 Å². The van der Waals surface area contributed by atoms with E-state index in [4.69, 9.17) is 5.11 Å². The van der Waals surface area contributed by atoms with Crippen molar-refractivity contribution in [3.8, 4) is 5.69 Å². The summed E-state index contributed by atoms with van der Waals surface area (Å²) in [7, 11) is 0. The number of imidazole rings is 1. The molecule has 3 aromatic rings. The number of carboxylic acid groups (broad SMARTS) is 1. The highest BCUT2D eigenvalue weighted by Gasteiger charge is 2.13. The molecule has 0 unspecified atom stereocenters. The lowest BCUT2D eigenvalue weighted by Crippen LogP contribution is -1.99. The van der Waals surface area contributed by atoms with Crippen LogP contribution in [0.2, 0.25) is 0 Å². The Labute approximate surface area is 129 Å². The quantitative estimate of drug-likeness (QED) is 0.693. The van der Waals surface area contributed by atoms with Crippen LogP contribution in [0, 0.1) is 10.5 Å². The molecule has 4 nitrogen and oxygen atoms in total. The first-order valence-corrected chi connectivity index (χ1v) is 7.13. The molecule has 5 heteroatoms. The summed E-state index contributed by atoms with van der Waals surface area (Å²) in [6, 6.07) is 13.1. The number of fused-ring (bicyclic) bond motifs is 1. The Morgan fingerprint density at radius 3 is 2.70 bits per heavy atom. The average Bonchev–Trinajstić information content (AvgIpc) is 2.74. The van der Waals surface area contributed by atoms with Crippen molar-refractivity contribution in [2.24, 2.45) is 0 Å². The van der Waals surface area contributed by atoms with Crippen molar-refractivity contribution < 1.29 is 9.90 Å². The lowest BCUT2D eigenvalue weighted by Gasteiger charge is -2.09. The van der Waals surface area contributed by atoms with Gasteiger partial charge < -0.3 is 5.11 Å². The number of hydrogen-bond donors (Lipinski definition) is 1. The summed E-state index contributed by atoms with van der Waals surface area (Å²) < 4.78 is 3.16. The van der Waals surface area contributed by atoms with Crippen LogP contribution in [-0.4, -0.2) is 20.6 Å². The molecule has 0 fully saturated rings. The van der Waals surface area contributed by atoms with E-state index in [0.717, 1.165) is 20.6 Å². The third-order valence-corrected chi connectivity index (χ3v) is 4.07. The largest absolute Gasteiger partial charge is 0.478 e. The van der Waals surface area contributed by atoms with E-state index < -0.39 is 5.97 Å². The SMILES string of the molecule is Cc1nc2cc(C(=O)O)ccc2n1-c1ccccc1I. The Kier molecular flexibility index (Phi) is 3.21. The van der Waals surface area contributed by atoms with Crippen LogP contribution in [0.5, 0.6) is 0 Å². The van der Waals surface area contributed by atoms with Crippen molar-refractivity contribution in [1.82, 2.24) is 9.55 Å². The van der Waals surface area contributed by atoms with E-state index in [1.165, 1.54) is 0 Å². The van der Waals surface area contributed by atoms with Gasteiger partial charge in [0.15, 0.2) is 0 Å². The minimum absolute atomic E-state index is 0.255. The number of aromatic carboxylic acids is 1. The summed E-state index contributed by atoms with van der Waals surface area (Å²) >= 11 is 2.29. The molecule has 0 aliphatic rings. The topological polar surface area (TPSA) is 55.1 Å². The van der Waals surface area contributed by atoms with Gasteiger partial charge >= 0.3 is 5.97 Å². The van der Waals surface area contributed by atoms with Crippen molar-refractivity contribution in [2.75, 3.05) is 0 Å². The first-order chi connectivity index (χ1) is 9.58. The molecular weight excluding hydrogens is 367 g/mol. The summed E-state index contributed by atoms with van der Waals surface area (Å²) in [5, 5.41) is 9.05. The number of carboxylic acids is 1. The van der Waals surface area contributed by atoms with Gasteiger partial charge in [0.25, 0.3) is 0 Å². The monoisotopic (exact) mass is 378 g/mol. The van der Waals surface area contributed by atoms with Crippen molar-refractivity contribution >= 4 is 39.6 Å². The first-order valence-electron chi connectivity index (χ1n) is 6.05. The van der Waals surface area contributed by atoms with Gasteiger partial charge in [-0.1, -0.05) is 12.1 Å². The average molecular weight is 378 g/mol. The molecule has 0 saturated heterocycles. The van der Waals surface area contributed by atoms with Crippen LogP contribution in [0.1, 0.15) is 16.2 Å². The summed E-state index contributed by atoms with van der Waals surface area (Å²) in [4.78, 5) is 15.5. The molecule has 0 amide bonds. The zero-order chi connectivity index (χ0) is 14.3. The summed E-state index contributed by atoms with van der Waals surface area (Å²) in [5.74, 6) is -0.0972. The highest BCUT2D eigenvalue weighted by Crippen LogP contribution is 2.25. The predicted molar refractivity (Wildman–Crippen MR) is 85.5 cm³/mol. The zero-order valence-corrected chi connectivity index (χ0v) is 12.8. The summed E-state index contributed by atoms with van der Waals surface area (Å²) in [5.41, 5.74) is 2.92. The summed E-state index contributed by atoms with van der Waals surface area (Å²) in [6.45, 7) is 1.92. The highest BCUT2D eigenvalue weighted by molar-refractivity contribution is 14.1. The maximum Gasteiger partial charge on any atom is 0.335 e. The van der Waals surface area contributed by atoms with E-state index in [9.17, 15) is 4.79 Å². The highest BCUT2D eigenvalue weighted by atomic mass is 127. The number of benzene rings is 2. The van der Waals surface area contributed by atoms with Crippen LogP contribution in [-0.2, 0) is 0 Å². The number of aryl methyl sites for hydroxylation is 1. The predicted octanol–water partition coefficient (Wildman–Crippen LogP) is 3.64. The van der Waals surface area contributed by atoms with E-state index in [2.05, 4.69) is 27.6 Å². The molecular formula is C15H11IN2O2. The maximum absolute atomic E-state index is 11.0. The van der Waals surface area contributed by atoms with Crippen LogP contribution in [0.15, 0.2) is 42.5 Å². The molecule has 0 spiro atoms. The Balaban J connectivity index is 2.29. The molecule has 0 aliphatic heterocycles. The zero-order valence-electron chi connectivity index (χ0n) is 10.7. The van der Waals surface area contributed by atoms with E-state index in [1.807, 2.05) is 41.8 Å². The van der Waals surface area contributed by atoms with Crippen molar-refractivity contribution in [3.05, 3.63) is 57.4 Å². The number of halogens is 1. The Morgan fingerprint density at radius 1 is 1.25 bits per heavy atom. The van der Waals surface area contributed by atoms with E-state index in [-0.39, 0.29) is 5.56 Å². The van der Waals surface area contributed by atoms with Crippen LogP contribution in [0.4, 0.5) is 0 Å². The Bertz CT molecular complexity index is 824. The van der Waals surface area contributed by atoms with Gasteiger partial charge in [-0.25, -0.2) is 9.78 Å². The number of aromatic nitrogens is 2. The van der Waals surface area contributed by atoms with Crippen molar-refractivity contribution in [1.29, 1.82) is 0 Å². The lowest BCUT2D eigenvalue weighted by molar-refractivity contribution is 0.0697. The second-order valence-corrected chi connectivity index (χ2v) is 5.62. The van der Waals surface area contributed by atoms with E-state index in [0.29, 0.717) is 5.52 Å². The molecule has 1 aromatic heterocycles. The van der Waals surface area contributed by atoms with Gasteiger partial charge in [-0.15, -0.1) is 0 Å².